The number of carbonyl (C=O) groups is 1. The standard InChI is InChI=1S/C29H52N2O3/c1-3-5-6-7-8-9-10-11-23-12-14-24(15-13-23)26-20-30-29(31-21-26)25-16-18-27(19-17-25)33-22-34-28(32)4-2/h4,23-27,29-31H,2-3,5-22H2,1H3. The molecule has 5 heteroatoms. The van der Waals surface area contributed by atoms with Gasteiger partial charge in [0.2, 0.25) is 0 Å². The van der Waals surface area contributed by atoms with Crippen LogP contribution in [-0.2, 0) is 14.3 Å². The molecule has 0 radical (unpaired) electrons. The molecular weight excluding hydrogens is 424 g/mol. The maximum Gasteiger partial charge on any atom is 0.332 e. The number of hydrogen-bond donors (Lipinski definition) is 2. The van der Waals surface area contributed by atoms with Gasteiger partial charge >= 0.3 is 5.97 Å². The van der Waals surface area contributed by atoms with Crippen LogP contribution in [0, 0.1) is 23.7 Å². The fraction of sp³-hybridized carbons (Fsp3) is 0.897. The largest absolute Gasteiger partial charge is 0.435 e. The Hall–Kier alpha value is -0.910. The molecule has 0 aromatic rings. The van der Waals surface area contributed by atoms with Crippen molar-refractivity contribution in [3.05, 3.63) is 12.7 Å². The normalized spacial score (nSPS) is 32.3. The van der Waals surface area contributed by atoms with Crippen LogP contribution in [0.2, 0.25) is 0 Å². The minimum absolute atomic E-state index is 0.0447. The summed E-state index contributed by atoms with van der Waals surface area (Å²) in [5.41, 5.74) is 0. The highest BCUT2D eigenvalue weighted by molar-refractivity contribution is 5.81. The fourth-order valence-corrected chi connectivity index (χ4v) is 6.54. The van der Waals surface area contributed by atoms with Gasteiger partial charge in [-0.3, -0.25) is 0 Å². The van der Waals surface area contributed by atoms with E-state index in [0.717, 1.165) is 30.6 Å². The summed E-state index contributed by atoms with van der Waals surface area (Å²) < 4.78 is 10.7. The minimum atomic E-state index is -0.416. The number of carbonyl (C=O) groups excluding carboxylic acids is 1. The molecule has 196 valence electrons. The van der Waals surface area contributed by atoms with E-state index in [1.807, 2.05) is 0 Å². The van der Waals surface area contributed by atoms with E-state index in [-0.39, 0.29) is 12.9 Å². The van der Waals surface area contributed by atoms with Crippen LogP contribution in [-0.4, -0.2) is 38.1 Å². The van der Waals surface area contributed by atoms with Gasteiger partial charge in [0.1, 0.15) is 0 Å². The first-order valence-electron chi connectivity index (χ1n) is 14.6. The first-order valence-corrected chi connectivity index (χ1v) is 14.6. The molecule has 0 atom stereocenters. The van der Waals surface area contributed by atoms with Crippen LogP contribution in [0.3, 0.4) is 0 Å². The Kier molecular flexibility index (Phi) is 13.0. The van der Waals surface area contributed by atoms with E-state index in [2.05, 4.69) is 24.1 Å². The molecule has 3 fully saturated rings. The van der Waals surface area contributed by atoms with E-state index in [4.69, 9.17) is 9.47 Å². The number of rotatable bonds is 14. The highest BCUT2D eigenvalue weighted by Gasteiger charge is 2.34. The zero-order valence-corrected chi connectivity index (χ0v) is 21.9. The van der Waals surface area contributed by atoms with Gasteiger partial charge in [-0.2, -0.15) is 0 Å². The molecule has 5 nitrogen and oxygen atoms in total. The maximum absolute atomic E-state index is 11.1. The number of unbranched alkanes of at least 4 members (excludes halogenated alkanes) is 6. The average Bonchev–Trinajstić information content (AvgIpc) is 2.89. The van der Waals surface area contributed by atoms with Crippen molar-refractivity contribution in [2.24, 2.45) is 23.7 Å². The molecule has 1 aliphatic heterocycles. The Morgan fingerprint density at radius 3 is 2.09 bits per heavy atom. The minimum Gasteiger partial charge on any atom is -0.435 e. The van der Waals surface area contributed by atoms with Gasteiger partial charge in [0.05, 0.1) is 12.3 Å². The molecule has 0 aromatic carbocycles. The van der Waals surface area contributed by atoms with Crippen LogP contribution in [0.15, 0.2) is 12.7 Å². The van der Waals surface area contributed by atoms with Crippen LogP contribution in [0.4, 0.5) is 0 Å². The van der Waals surface area contributed by atoms with Crippen LogP contribution in [0.5, 0.6) is 0 Å². The topological polar surface area (TPSA) is 59.6 Å². The van der Waals surface area contributed by atoms with E-state index in [1.54, 1.807) is 0 Å². The van der Waals surface area contributed by atoms with Crippen molar-refractivity contribution in [1.82, 2.24) is 10.6 Å². The van der Waals surface area contributed by atoms with Crippen molar-refractivity contribution in [3.63, 3.8) is 0 Å². The second-order valence-electron chi connectivity index (χ2n) is 11.2. The van der Waals surface area contributed by atoms with Crippen LogP contribution < -0.4 is 10.6 Å². The van der Waals surface area contributed by atoms with E-state index in [1.165, 1.54) is 109 Å². The predicted molar refractivity (Wildman–Crippen MR) is 139 cm³/mol. The summed E-state index contributed by atoms with van der Waals surface area (Å²) in [7, 11) is 0. The first kappa shape index (κ1) is 27.7. The van der Waals surface area contributed by atoms with E-state index >= 15 is 0 Å². The van der Waals surface area contributed by atoms with Crippen molar-refractivity contribution in [2.45, 2.75) is 122 Å². The first-order chi connectivity index (χ1) is 16.7. The molecule has 0 unspecified atom stereocenters. The molecule has 2 saturated carbocycles. The van der Waals surface area contributed by atoms with Crippen molar-refractivity contribution in [2.75, 3.05) is 19.9 Å². The Bertz CT molecular complexity index is 560. The predicted octanol–water partition coefficient (Wildman–Crippen LogP) is 6.33. The molecule has 1 saturated heterocycles. The zero-order valence-electron chi connectivity index (χ0n) is 21.9. The molecular formula is C29H52N2O3. The highest BCUT2D eigenvalue weighted by atomic mass is 16.7. The summed E-state index contributed by atoms with van der Waals surface area (Å²) in [5.74, 6) is 2.97. The molecule has 0 spiro atoms. The van der Waals surface area contributed by atoms with Gasteiger partial charge in [-0.05, 0) is 62.2 Å². The van der Waals surface area contributed by atoms with Crippen molar-refractivity contribution < 1.29 is 14.3 Å². The summed E-state index contributed by atoms with van der Waals surface area (Å²) >= 11 is 0. The molecule has 3 aliphatic rings. The van der Waals surface area contributed by atoms with E-state index in [0.29, 0.717) is 12.1 Å². The quantitative estimate of drug-likeness (QED) is 0.133. The van der Waals surface area contributed by atoms with Gasteiger partial charge < -0.3 is 20.1 Å². The highest BCUT2D eigenvalue weighted by Crippen LogP contribution is 2.37. The molecule has 2 N–H and O–H groups in total. The summed E-state index contributed by atoms with van der Waals surface area (Å²) in [5, 5.41) is 7.72. The maximum atomic E-state index is 11.1. The smallest absolute Gasteiger partial charge is 0.332 e. The molecule has 0 aromatic heterocycles. The van der Waals surface area contributed by atoms with Gasteiger partial charge in [-0.15, -0.1) is 0 Å². The summed E-state index contributed by atoms with van der Waals surface area (Å²) in [4.78, 5) is 11.1. The van der Waals surface area contributed by atoms with Crippen molar-refractivity contribution >= 4 is 5.97 Å². The van der Waals surface area contributed by atoms with Gasteiger partial charge in [-0.25, -0.2) is 4.79 Å². The number of esters is 1. The Balaban J connectivity index is 1.22. The van der Waals surface area contributed by atoms with Crippen molar-refractivity contribution in [1.29, 1.82) is 0 Å². The third-order valence-corrected chi connectivity index (χ3v) is 8.84. The molecule has 1 heterocycles. The lowest BCUT2D eigenvalue weighted by molar-refractivity contribution is -0.157. The van der Waals surface area contributed by atoms with Gasteiger partial charge in [-0.1, -0.05) is 77.7 Å². The van der Waals surface area contributed by atoms with Crippen LogP contribution in [0.25, 0.3) is 0 Å². The lowest BCUT2D eigenvalue weighted by atomic mass is 9.73. The molecule has 0 amide bonds. The monoisotopic (exact) mass is 476 g/mol. The van der Waals surface area contributed by atoms with Crippen LogP contribution in [0.1, 0.15) is 110 Å². The third-order valence-electron chi connectivity index (χ3n) is 8.84. The number of ether oxygens (including phenoxy) is 2. The lowest BCUT2D eigenvalue weighted by Crippen LogP contribution is -2.58. The van der Waals surface area contributed by atoms with Crippen molar-refractivity contribution in [3.8, 4) is 0 Å². The average molecular weight is 477 g/mol. The Morgan fingerprint density at radius 2 is 1.44 bits per heavy atom. The zero-order chi connectivity index (χ0) is 24.0. The van der Waals surface area contributed by atoms with Gasteiger partial charge in [0.25, 0.3) is 0 Å². The van der Waals surface area contributed by atoms with Gasteiger partial charge in [0.15, 0.2) is 6.79 Å². The Labute approximate surface area is 209 Å². The third kappa shape index (κ3) is 9.62. The summed E-state index contributed by atoms with van der Waals surface area (Å²) in [6.07, 6.45) is 23.6. The van der Waals surface area contributed by atoms with Crippen LogP contribution >= 0.6 is 0 Å². The fourth-order valence-electron chi connectivity index (χ4n) is 6.54. The second kappa shape index (κ2) is 16.0. The molecule has 2 aliphatic carbocycles. The molecule has 0 bridgehead atoms. The second-order valence-corrected chi connectivity index (χ2v) is 11.2. The number of nitrogens with one attached hydrogen (secondary N) is 2. The van der Waals surface area contributed by atoms with E-state index < -0.39 is 5.97 Å². The Morgan fingerprint density at radius 1 is 0.824 bits per heavy atom. The van der Waals surface area contributed by atoms with Gasteiger partial charge in [0, 0.05) is 19.2 Å². The van der Waals surface area contributed by atoms with E-state index in [9.17, 15) is 4.79 Å². The summed E-state index contributed by atoms with van der Waals surface area (Å²) in [6, 6.07) is 0. The molecule has 34 heavy (non-hydrogen) atoms. The SMILES string of the molecule is C=CC(=O)OCOC1CCC(C2NCC(C3CCC(CCCCCCCCC)CC3)CN2)CC1. The summed E-state index contributed by atoms with van der Waals surface area (Å²) in [6.45, 7) is 8.11. The lowest BCUT2D eigenvalue weighted by Gasteiger charge is -2.42. The molecule has 3 rings (SSSR count). The number of hydrogen-bond acceptors (Lipinski definition) is 5.